The number of hydrogen-bond donors (Lipinski definition) is 0. The first-order valence-corrected chi connectivity index (χ1v) is 3.49. The number of allylic oxidation sites excluding steroid dienone is 5. The molecule has 0 aliphatic heterocycles. The summed E-state index contributed by atoms with van der Waals surface area (Å²) < 4.78 is 1.18. The van der Waals surface area contributed by atoms with Crippen molar-refractivity contribution in [3.05, 3.63) is 34.9 Å². The second-order valence-corrected chi connectivity index (χ2v) is 2.63. The van der Waals surface area contributed by atoms with Crippen LogP contribution in [0.2, 0.25) is 0 Å². The van der Waals surface area contributed by atoms with Gasteiger partial charge in [-0.05, 0) is 0 Å². The molecule has 0 heterocycles. The van der Waals surface area contributed by atoms with Gasteiger partial charge in [0.05, 0.1) is 0 Å². The summed E-state index contributed by atoms with van der Waals surface area (Å²) in [5.41, 5.74) is 1.31. The van der Waals surface area contributed by atoms with Gasteiger partial charge in [-0.2, -0.15) is 0 Å². The summed E-state index contributed by atoms with van der Waals surface area (Å²) >= 11 is 4.34. The van der Waals surface area contributed by atoms with Gasteiger partial charge in [-0.25, -0.2) is 0 Å². The fraction of sp³-hybridized carbons (Fsp3) is 0.250. The Bertz CT molecular complexity index is 175. The van der Waals surface area contributed by atoms with Crippen LogP contribution in [0, 0.1) is 0 Å². The molecule has 0 amide bonds. The Hall–Kier alpha value is -0.274. The molecule has 0 unspecified atom stereocenters. The first-order valence-electron chi connectivity index (χ1n) is 2.97. The van der Waals surface area contributed by atoms with E-state index in [9.17, 15) is 0 Å². The quantitative estimate of drug-likeness (QED) is 0.549. The first-order chi connectivity index (χ1) is 4.34. The summed E-state index contributed by atoms with van der Waals surface area (Å²) in [6, 6.07) is 0. The van der Waals surface area contributed by atoms with Crippen LogP contribution >= 0.6 is 0 Å². The van der Waals surface area contributed by atoms with Crippen molar-refractivity contribution in [1.29, 1.82) is 0 Å². The maximum absolute atomic E-state index is 4.34. The van der Waals surface area contributed by atoms with E-state index in [0.29, 0.717) is 0 Å². The van der Waals surface area contributed by atoms with E-state index in [1.807, 2.05) is 6.08 Å². The Morgan fingerprint density at radius 3 is 3.00 bits per heavy atom. The number of rotatable bonds is 2. The predicted molar refractivity (Wildman–Crippen MR) is 35.6 cm³/mol. The summed E-state index contributed by atoms with van der Waals surface area (Å²) in [5, 5.41) is 0. The van der Waals surface area contributed by atoms with Crippen LogP contribution in [-0.4, -0.2) is 0 Å². The topological polar surface area (TPSA) is 0 Å². The second kappa shape index (κ2) is 3.04. The summed E-state index contributed by atoms with van der Waals surface area (Å²) in [7, 11) is 0. The molecule has 0 saturated carbocycles. The molecule has 1 rings (SSSR count). The Morgan fingerprint density at radius 2 is 2.56 bits per heavy atom. The molecular formula is C8H9Co. The fourth-order valence-electron chi connectivity index (χ4n) is 0.847. The Balaban J connectivity index is 2.64. The van der Waals surface area contributed by atoms with Crippen LogP contribution in [0.5, 0.6) is 0 Å². The molecule has 1 heteroatoms. The van der Waals surface area contributed by atoms with Crippen molar-refractivity contribution in [2.75, 3.05) is 0 Å². The Labute approximate surface area is 63.9 Å². The molecule has 0 atom stereocenters. The van der Waals surface area contributed by atoms with Gasteiger partial charge in [0, 0.05) is 0 Å². The normalized spacial score (nSPS) is 17.1. The summed E-state index contributed by atoms with van der Waals surface area (Å²) in [6.45, 7) is 3.66. The molecule has 50 valence electrons. The van der Waals surface area contributed by atoms with Crippen molar-refractivity contribution in [3.8, 4) is 0 Å². The van der Waals surface area contributed by atoms with Gasteiger partial charge in [-0.1, -0.05) is 0 Å². The van der Waals surface area contributed by atoms with E-state index in [1.54, 1.807) is 0 Å². The summed E-state index contributed by atoms with van der Waals surface area (Å²) in [6.07, 6.45) is 8.10. The van der Waals surface area contributed by atoms with E-state index in [0.717, 1.165) is 12.8 Å². The molecule has 0 spiro atoms. The average molecular weight is 164 g/mol. The van der Waals surface area contributed by atoms with Gasteiger partial charge in [0.15, 0.2) is 0 Å². The van der Waals surface area contributed by atoms with E-state index in [-0.39, 0.29) is 0 Å². The zero-order valence-corrected chi connectivity index (χ0v) is 6.23. The molecule has 0 bridgehead atoms. The van der Waals surface area contributed by atoms with Gasteiger partial charge in [-0.3, -0.25) is 0 Å². The monoisotopic (exact) mass is 164 g/mol. The van der Waals surface area contributed by atoms with E-state index in [2.05, 4.69) is 34.5 Å². The second-order valence-electron chi connectivity index (χ2n) is 2.00. The van der Waals surface area contributed by atoms with Crippen LogP contribution in [0.4, 0.5) is 0 Å². The van der Waals surface area contributed by atoms with Crippen molar-refractivity contribution >= 4 is 0 Å². The Morgan fingerprint density at radius 1 is 1.78 bits per heavy atom. The minimum absolute atomic E-state index is 0.952. The van der Waals surface area contributed by atoms with Gasteiger partial charge >= 0.3 is 63.5 Å². The molecule has 0 saturated heterocycles. The molecular weight excluding hydrogens is 155 g/mol. The van der Waals surface area contributed by atoms with E-state index in [4.69, 9.17) is 0 Å². The van der Waals surface area contributed by atoms with Crippen molar-refractivity contribution < 1.29 is 15.7 Å². The van der Waals surface area contributed by atoms with Gasteiger partial charge in [0.1, 0.15) is 0 Å². The van der Waals surface area contributed by atoms with Crippen molar-refractivity contribution in [2.24, 2.45) is 0 Å². The third-order valence-electron chi connectivity index (χ3n) is 1.31. The van der Waals surface area contributed by atoms with Gasteiger partial charge in [-0.15, -0.1) is 0 Å². The molecule has 0 aromatic carbocycles. The summed E-state index contributed by atoms with van der Waals surface area (Å²) in [4.78, 5) is 0. The first kappa shape index (κ1) is 6.84. The molecule has 0 aromatic rings. The molecule has 9 heavy (non-hydrogen) atoms. The molecule has 0 N–H and O–H groups in total. The Kier molecular flexibility index (Phi) is 2.31. The van der Waals surface area contributed by atoms with Crippen molar-refractivity contribution in [2.45, 2.75) is 12.8 Å². The molecule has 0 radical (unpaired) electrons. The third kappa shape index (κ3) is 1.56. The molecule has 1 aliphatic rings. The third-order valence-corrected chi connectivity index (χ3v) is 1.85. The van der Waals surface area contributed by atoms with Crippen molar-refractivity contribution in [3.63, 3.8) is 0 Å². The van der Waals surface area contributed by atoms with E-state index in [1.165, 1.54) is 10.1 Å². The summed E-state index contributed by atoms with van der Waals surface area (Å²) in [5.74, 6) is 0. The maximum atomic E-state index is 4.34. The van der Waals surface area contributed by atoms with Crippen LogP contribution in [0.25, 0.3) is 0 Å². The van der Waals surface area contributed by atoms with Crippen LogP contribution in [0.15, 0.2) is 34.9 Å². The van der Waals surface area contributed by atoms with E-state index < -0.39 is 0 Å². The zero-order valence-electron chi connectivity index (χ0n) is 5.19. The SMILES string of the molecule is C=CCC1=[C]([Co])CC=C1. The van der Waals surface area contributed by atoms with Gasteiger partial charge in [0.25, 0.3) is 0 Å². The molecule has 1 aliphatic carbocycles. The van der Waals surface area contributed by atoms with Crippen LogP contribution < -0.4 is 0 Å². The fourth-order valence-corrected chi connectivity index (χ4v) is 1.16. The molecule has 0 aromatic heterocycles. The van der Waals surface area contributed by atoms with Crippen molar-refractivity contribution in [1.82, 2.24) is 0 Å². The average Bonchev–Trinajstić information content (AvgIpc) is 2.18. The zero-order chi connectivity index (χ0) is 6.69. The van der Waals surface area contributed by atoms with Crippen LogP contribution in [0.1, 0.15) is 12.8 Å². The predicted octanol–water partition coefficient (Wildman–Crippen LogP) is 2.32. The molecule has 0 nitrogen and oxygen atoms in total. The minimum atomic E-state index is 0.952. The van der Waals surface area contributed by atoms with Gasteiger partial charge < -0.3 is 0 Å². The standard InChI is InChI=1S/C8H9.Co/c1-2-5-8-6-3-4-7-8;/h2-3,6H,1,4-5H2;. The van der Waals surface area contributed by atoms with Gasteiger partial charge in [0.2, 0.25) is 0 Å². The van der Waals surface area contributed by atoms with E-state index >= 15 is 0 Å². The van der Waals surface area contributed by atoms with Crippen LogP contribution in [-0.2, 0) is 15.7 Å². The van der Waals surface area contributed by atoms with Crippen LogP contribution in [0.3, 0.4) is 0 Å². The molecule has 0 fully saturated rings. The number of hydrogen-bond acceptors (Lipinski definition) is 0.